The van der Waals surface area contributed by atoms with E-state index in [-0.39, 0.29) is 17.8 Å². The van der Waals surface area contributed by atoms with Crippen LogP contribution in [0.5, 0.6) is 0 Å². The number of hydrogen-bond acceptors (Lipinski definition) is 3. The lowest BCUT2D eigenvalue weighted by Crippen LogP contribution is -2.46. The third-order valence-corrected chi connectivity index (χ3v) is 7.68. The molecule has 3 fully saturated rings. The molecule has 3 aliphatic rings. The molecule has 4 rings (SSSR count). The maximum absolute atomic E-state index is 13.8. The summed E-state index contributed by atoms with van der Waals surface area (Å²) in [5.41, 5.74) is -0.185. The van der Waals surface area contributed by atoms with Crippen LogP contribution >= 0.6 is 0 Å². The van der Waals surface area contributed by atoms with Crippen molar-refractivity contribution in [1.29, 1.82) is 0 Å². The van der Waals surface area contributed by atoms with E-state index in [4.69, 9.17) is 4.74 Å². The second-order valence-electron chi connectivity index (χ2n) is 9.48. The highest BCUT2D eigenvalue weighted by atomic mass is 19.1. The minimum Gasteiger partial charge on any atom is -0.452 e. The van der Waals surface area contributed by atoms with Gasteiger partial charge in [0.15, 0.2) is 6.10 Å². The molecule has 0 heterocycles. The van der Waals surface area contributed by atoms with Crippen molar-refractivity contribution in [3.05, 3.63) is 35.6 Å². The van der Waals surface area contributed by atoms with E-state index < -0.39 is 17.5 Å². The Balaban J connectivity index is 1.39. The third kappa shape index (κ3) is 3.93. The molecule has 0 unspecified atom stereocenters. The Bertz CT molecular complexity index is 773. The van der Waals surface area contributed by atoms with E-state index in [1.807, 2.05) is 0 Å². The highest BCUT2D eigenvalue weighted by molar-refractivity contribution is 5.88. The molecule has 1 N–H and O–H groups in total. The summed E-state index contributed by atoms with van der Waals surface area (Å²) < 4.78 is 19.4. The van der Waals surface area contributed by atoms with Gasteiger partial charge in [-0.05, 0) is 81.4 Å². The van der Waals surface area contributed by atoms with E-state index in [9.17, 15) is 14.0 Å². The number of hydrogen-bond donors (Lipinski definition) is 1. The molecule has 29 heavy (non-hydrogen) atoms. The van der Waals surface area contributed by atoms with Crippen LogP contribution in [0.25, 0.3) is 0 Å². The Hall–Kier alpha value is -1.91. The second kappa shape index (κ2) is 8.08. The van der Waals surface area contributed by atoms with E-state index in [1.54, 1.807) is 19.1 Å². The summed E-state index contributed by atoms with van der Waals surface area (Å²) in [6, 6.07) is 6.32. The minimum absolute atomic E-state index is 0.0996. The number of carbonyl (C=O) groups is 2. The summed E-state index contributed by atoms with van der Waals surface area (Å²) in [6.45, 7) is 3.71. The van der Waals surface area contributed by atoms with Crippen LogP contribution in [0.15, 0.2) is 24.3 Å². The summed E-state index contributed by atoms with van der Waals surface area (Å²) in [5.74, 6) is 1.09. The van der Waals surface area contributed by atoms with Crippen molar-refractivity contribution in [2.75, 3.05) is 0 Å². The van der Waals surface area contributed by atoms with Crippen molar-refractivity contribution in [1.82, 2.24) is 5.32 Å². The van der Waals surface area contributed by atoms with Crippen LogP contribution in [0.1, 0.15) is 70.8 Å². The Kier molecular flexibility index (Phi) is 5.67. The predicted octanol–water partition coefficient (Wildman–Crippen LogP) is 4.51. The van der Waals surface area contributed by atoms with Gasteiger partial charge in [0.1, 0.15) is 5.82 Å². The molecular weight excluding hydrogens is 369 g/mol. The molecule has 0 radical (unpaired) electrons. The molecule has 1 aromatic rings. The van der Waals surface area contributed by atoms with Crippen LogP contribution in [0.4, 0.5) is 4.39 Å². The molecule has 1 aromatic carbocycles. The molecule has 0 saturated heterocycles. The zero-order valence-electron chi connectivity index (χ0n) is 17.5. The number of rotatable bonds is 6. The van der Waals surface area contributed by atoms with Crippen LogP contribution in [0.3, 0.4) is 0 Å². The first kappa shape index (κ1) is 20.4. The fourth-order valence-electron chi connectivity index (χ4n) is 6.06. The van der Waals surface area contributed by atoms with Gasteiger partial charge in [-0.15, -0.1) is 0 Å². The van der Waals surface area contributed by atoms with E-state index in [0.717, 1.165) is 24.7 Å². The molecule has 158 valence electrons. The van der Waals surface area contributed by atoms with E-state index in [0.29, 0.717) is 24.3 Å². The number of nitrogens with one attached hydrogen (secondary N) is 1. The number of halogens is 1. The van der Waals surface area contributed by atoms with Gasteiger partial charge in [-0.25, -0.2) is 4.39 Å². The molecule has 3 aliphatic carbocycles. The maximum Gasteiger partial charge on any atom is 0.317 e. The first-order chi connectivity index (χ1) is 13.9. The number of carbonyl (C=O) groups excluding carboxylic acids is 2. The van der Waals surface area contributed by atoms with Gasteiger partial charge in [0.25, 0.3) is 5.91 Å². The van der Waals surface area contributed by atoms with Crippen molar-refractivity contribution in [3.8, 4) is 0 Å². The second-order valence-corrected chi connectivity index (χ2v) is 9.48. The first-order valence-electron chi connectivity index (χ1n) is 11.2. The summed E-state index contributed by atoms with van der Waals surface area (Å²) >= 11 is 0. The van der Waals surface area contributed by atoms with Crippen LogP contribution in [-0.2, 0) is 19.7 Å². The molecule has 3 saturated carbocycles. The number of amides is 1. The van der Waals surface area contributed by atoms with Gasteiger partial charge in [-0.3, -0.25) is 9.59 Å². The molecule has 2 bridgehead atoms. The summed E-state index contributed by atoms with van der Waals surface area (Å²) in [5, 5.41) is 3.09. The highest BCUT2D eigenvalue weighted by Crippen LogP contribution is 2.49. The minimum atomic E-state index is -0.852. The largest absolute Gasteiger partial charge is 0.452 e. The van der Waals surface area contributed by atoms with Crippen LogP contribution in [0, 0.1) is 23.6 Å². The first-order valence-corrected chi connectivity index (χ1v) is 11.2. The van der Waals surface area contributed by atoms with Crippen molar-refractivity contribution >= 4 is 11.9 Å². The van der Waals surface area contributed by atoms with Gasteiger partial charge in [0.05, 0.1) is 5.41 Å². The molecule has 0 spiro atoms. The summed E-state index contributed by atoms with van der Waals surface area (Å²) in [6.07, 6.45) is 7.30. The molecule has 0 aliphatic heterocycles. The van der Waals surface area contributed by atoms with Crippen molar-refractivity contribution in [2.45, 2.75) is 82.8 Å². The highest BCUT2D eigenvalue weighted by Gasteiger charge is 2.46. The molecular formula is C24H32FNO3. The van der Waals surface area contributed by atoms with Gasteiger partial charge in [0, 0.05) is 6.04 Å². The molecule has 1 amide bonds. The number of fused-ring (bicyclic) bond motifs is 2. The quantitative estimate of drug-likeness (QED) is 0.714. The van der Waals surface area contributed by atoms with Crippen molar-refractivity contribution < 1.29 is 18.7 Å². The summed E-state index contributed by atoms with van der Waals surface area (Å²) in [7, 11) is 0. The monoisotopic (exact) mass is 401 g/mol. The number of ether oxygens (including phenoxy) is 1. The van der Waals surface area contributed by atoms with Gasteiger partial charge in [-0.1, -0.05) is 31.4 Å². The molecule has 5 atom stereocenters. The van der Waals surface area contributed by atoms with E-state index in [2.05, 4.69) is 12.2 Å². The Morgan fingerprint density at radius 2 is 1.93 bits per heavy atom. The average molecular weight is 402 g/mol. The zero-order valence-corrected chi connectivity index (χ0v) is 17.5. The Morgan fingerprint density at radius 1 is 1.17 bits per heavy atom. The number of benzene rings is 1. The smallest absolute Gasteiger partial charge is 0.317 e. The fraction of sp³-hybridized carbons (Fsp3) is 0.667. The van der Waals surface area contributed by atoms with Gasteiger partial charge in [-0.2, -0.15) is 0 Å². The number of esters is 1. The van der Waals surface area contributed by atoms with Crippen LogP contribution in [0.2, 0.25) is 0 Å². The average Bonchev–Trinajstić information content (AvgIpc) is 3.44. The topological polar surface area (TPSA) is 55.4 Å². The zero-order chi connectivity index (χ0) is 20.6. The Morgan fingerprint density at radius 3 is 2.55 bits per heavy atom. The SMILES string of the molecule is C[C@H](OC(=O)C1(c2cccc(F)c2)CCCC1)C(=O)N[C@H](C)[C@@H]1C[C@H]2CC[C@H]1C2. The van der Waals surface area contributed by atoms with Gasteiger partial charge >= 0.3 is 5.97 Å². The maximum atomic E-state index is 13.8. The van der Waals surface area contributed by atoms with Crippen LogP contribution < -0.4 is 5.32 Å². The predicted molar refractivity (Wildman–Crippen MR) is 109 cm³/mol. The molecule has 5 heteroatoms. The van der Waals surface area contributed by atoms with Crippen molar-refractivity contribution in [3.63, 3.8) is 0 Å². The van der Waals surface area contributed by atoms with Gasteiger partial charge < -0.3 is 10.1 Å². The fourth-order valence-corrected chi connectivity index (χ4v) is 6.06. The lowest BCUT2D eigenvalue weighted by atomic mass is 9.79. The lowest BCUT2D eigenvalue weighted by molar-refractivity contribution is -0.160. The van der Waals surface area contributed by atoms with Crippen molar-refractivity contribution in [2.24, 2.45) is 17.8 Å². The Labute approximate surface area is 172 Å². The van der Waals surface area contributed by atoms with E-state index in [1.165, 1.54) is 37.8 Å². The molecule has 0 aromatic heterocycles. The standard InChI is InChI=1S/C24H32FNO3/c1-15(21-13-17-8-9-18(21)12-17)26-22(27)16(2)29-23(28)24(10-3-4-11-24)19-6-5-7-20(25)14-19/h5-7,14-18,21H,3-4,8-13H2,1-2H3,(H,26,27)/t15-,16+,17+,18+,21+/m1/s1. The van der Waals surface area contributed by atoms with Crippen LogP contribution in [-0.4, -0.2) is 24.0 Å². The summed E-state index contributed by atoms with van der Waals surface area (Å²) in [4.78, 5) is 25.8. The third-order valence-electron chi connectivity index (χ3n) is 7.68. The van der Waals surface area contributed by atoms with E-state index >= 15 is 0 Å². The normalized spacial score (nSPS) is 29.4. The lowest BCUT2D eigenvalue weighted by Gasteiger charge is -2.31. The van der Waals surface area contributed by atoms with Gasteiger partial charge in [0.2, 0.25) is 0 Å². The molecule has 4 nitrogen and oxygen atoms in total.